The molecule has 0 saturated heterocycles. The van der Waals surface area contributed by atoms with Crippen LogP contribution in [0.3, 0.4) is 0 Å². The molecular weight excluding hydrogens is 343 g/mol. The third-order valence-corrected chi connectivity index (χ3v) is 3.12. The van der Waals surface area contributed by atoms with E-state index in [1.165, 1.54) is 31.5 Å². The Morgan fingerprint density at radius 3 is 2.60 bits per heavy atom. The fourth-order valence-corrected chi connectivity index (χ4v) is 1.90. The molecular formula is C15H12F3N3O4. The molecule has 7 nitrogen and oxygen atoms in total. The molecule has 0 radical (unpaired) electrons. The van der Waals surface area contributed by atoms with Gasteiger partial charge in [-0.3, -0.25) is 15.5 Å². The molecule has 0 fully saturated rings. The number of alkyl halides is 3. The minimum Gasteiger partial charge on any atom is -0.504 e. The summed E-state index contributed by atoms with van der Waals surface area (Å²) in [4.78, 5) is 10.0. The van der Waals surface area contributed by atoms with Gasteiger partial charge in [0.05, 0.1) is 23.8 Å². The Bertz CT molecular complexity index is 822. The number of halogens is 3. The summed E-state index contributed by atoms with van der Waals surface area (Å²) in [6.07, 6.45) is -3.42. The summed E-state index contributed by atoms with van der Waals surface area (Å²) in [5.41, 5.74) is 0.751. The molecule has 2 rings (SSSR count). The number of benzene rings is 2. The van der Waals surface area contributed by atoms with Gasteiger partial charge < -0.3 is 9.84 Å². The third kappa shape index (κ3) is 4.37. The Hall–Kier alpha value is -3.30. The standard InChI is InChI=1S/C15H12F3N3O4/c1-25-14-6-9(2-5-13(14)22)8-19-20-11-4-3-10(15(16,17)18)7-12(11)21(23)24/h2-8,20,22H,1H3/b19-8-. The van der Waals surface area contributed by atoms with Crippen LogP contribution in [0.4, 0.5) is 24.5 Å². The number of hydrazone groups is 1. The van der Waals surface area contributed by atoms with Crippen LogP contribution in [0.5, 0.6) is 11.5 Å². The lowest BCUT2D eigenvalue weighted by atomic mass is 10.1. The second-order valence-electron chi connectivity index (χ2n) is 4.79. The van der Waals surface area contributed by atoms with Gasteiger partial charge in [0.15, 0.2) is 11.5 Å². The number of nitrogens with zero attached hydrogens (tertiary/aromatic N) is 2. The molecule has 0 aliphatic carbocycles. The predicted octanol–water partition coefficient (Wildman–Crippen LogP) is 3.77. The molecule has 0 aromatic heterocycles. The average Bonchev–Trinajstić information content (AvgIpc) is 2.55. The van der Waals surface area contributed by atoms with Gasteiger partial charge in [-0.2, -0.15) is 18.3 Å². The Morgan fingerprint density at radius 2 is 2.00 bits per heavy atom. The van der Waals surface area contributed by atoms with Crippen LogP contribution in [-0.2, 0) is 6.18 Å². The summed E-state index contributed by atoms with van der Waals surface area (Å²) >= 11 is 0. The maximum Gasteiger partial charge on any atom is 0.416 e. The van der Waals surface area contributed by atoms with Gasteiger partial charge in [-0.05, 0) is 35.9 Å². The van der Waals surface area contributed by atoms with Crippen LogP contribution in [0.1, 0.15) is 11.1 Å². The van der Waals surface area contributed by atoms with E-state index in [1.54, 1.807) is 0 Å². The van der Waals surface area contributed by atoms with E-state index in [0.717, 1.165) is 6.07 Å². The molecule has 0 amide bonds. The van der Waals surface area contributed by atoms with Gasteiger partial charge in [-0.25, -0.2) is 0 Å². The van der Waals surface area contributed by atoms with Crippen LogP contribution in [0, 0.1) is 10.1 Å². The molecule has 0 bridgehead atoms. The number of nitro groups is 1. The van der Waals surface area contributed by atoms with Gasteiger partial charge in [0.2, 0.25) is 0 Å². The van der Waals surface area contributed by atoms with Crippen molar-refractivity contribution in [1.29, 1.82) is 0 Å². The summed E-state index contributed by atoms with van der Waals surface area (Å²) in [5.74, 6) is 0.121. The molecule has 132 valence electrons. The van der Waals surface area contributed by atoms with Crippen molar-refractivity contribution in [3.63, 3.8) is 0 Å². The minimum atomic E-state index is -4.69. The zero-order valence-corrected chi connectivity index (χ0v) is 12.7. The first-order chi connectivity index (χ1) is 11.7. The Labute approximate surface area is 139 Å². The molecule has 0 heterocycles. The summed E-state index contributed by atoms with van der Waals surface area (Å²) in [5, 5.41) is 24.2. The zero-order valence-electron chi connectivity index (χ0n) is 12.7. The Kier molecular flexibility index (Phi) is 5.11. The lowest BCUT2D eigenvalue weighted by molar-refractivity contribution is -0.384. The Balaban J connectivity index is 2.24. The van der Waals surface area contributed by atoms with E-state index in [1.807, 2.05) is 0 Å². The van der Waals surface area contributed by atoms with E-state index in [9.17, 15) is 28.4 Å². The summed E-state index contributed by atoms with van der Waals surface area (Å²) in [7, 11) is 1.36. The van der Waals surface area contributed by atoms with Crippen molar-refractivity contribution in [2.45, 2.75) is 6.18 Å². The molecule has 0 saturated carbocycles. The number of phenolic OH excluding ortho intramolecular Hbond substituents is 1. The lowest BCUT2D eigenvalue weighted by Gasteiger charge is -2.08. The van der Waals surface area contributed by atoms with Gasteiger partial charge in [-0.15, -0.1) is 0 Å². The number of hydrogen-bond donors (Lipinski definition) is 2. The molecule has 0 spiro atoms. The highest BCUT2D eigenvalue weighted by atomic mass is 19.4. The zero-order chi connectivity index (χ0) is 18.6. The normalized spacial score (nSPS) is 11.5. The highest BCUT2D eigenvalue weighted by molar-refractivity contribution is 5.81. The summed E-state index contributed by atoms with van der Waals surface area (Å²) < 4.78 is 42.8. The fraction of sp³-hybridized carbons (Fsp3) is 0.133. The van der Waals surface area contributed by atoms with E-state index >= 15 is 0 Å². The lowest BCUT2D eigenvalue weighted by Crippen LogP contribution is -2.06. The van der Waals surface area contributed by atoms with E-state index < -0.39 is 22.4 Å². The van der Waals surface area contributed by atoms with Gasteiger partial charge >= 0.3 is 6.18 Å². The summed E-state index contributed by atoms with van der Waals surface area (Å²) in [6.45, 7) is 0. The van der Waals surface area contributed by atoms with Gasteiger partial charge in [0.1, 0.15) is 5.69 Å². The minimum absolute atomic E-state index is 0.0778. The number of methoxy groups -OCH3 is 1. The highest BCUT2D eigenvalue weighted by Gasteiger charge is 2.33. The first kappa shape index (κ1) is 18.0. The molecule has 0 aliphatic heterocycles. The van der Waals surface area contributed by atoms with Crippen LogP contribution in [-0.4, -0.2) is 23.4 Å². The first-order valence-corrected chi connectivity index (χ1v) is 6.74. The number of anilines is 1. The number of nitro benzene ring substituents is 1. The maximum absolute atomic E-state index is 12.6. The molecule has 10 heteroatoms. The quantitative estimate of drug-likeness (QED) is 0.483. The highest BCUT2D eigenvalue weighted by Crippen LogP contribution is 2.35. The number of phenols is 1. The average molecular weight is 355 g/mol. The third-order valence-electron chi connectivity index (χ3n) is 3.12. The summed E-state index contributed by atoms with van der Waals surface area (Å²) in [6, 6.07) is 6.40. The molecule has 0 aliphatic rings. The van der Waals surface area contributed by atoms with E-state index in [2.05, 4.69) is 10.5 Å². The van der Waals surface area contributed by atoms with Gasteiger partial charge in [0, 0.05) is 6.07 Å². The fourth-order valence-electron chi connectivity index (χ4n) is 1.90. The van der Waals surface area contributed by atoms with Crippen molar-refractivity contribution in [2.75, 3.05) is 12.5 Å². The molecule has 2 aromatic rings. The first-order valence-electron chi connectivity index (χ1n) is 6.74. The predicted molar refractivity (Wildman–Crippen MR) is 84.0 cm³/mol. The van der Waals surface area contributed by atoms with Crippen LogP contribution in [0.2, 0.25) is 0 Å². The van der Waals surface area contributed by atoms with Crippen LogP contribution in [0.25, 0.3) is 0 Å². The van der Waals surface area contributed by atoms with Gasteiger partial charge in [-0.1, -0.05) is 0 Å². The molecule has 0 unspecified atom stereocenters. The second-order valence-corrected chi connectivity index (χ2v) is 4.79. The van der Waals surface area contributed by atoms with E-state index in [4.69, 9.17) is 4.74 Å². The largest absolute Gasteiger partial charge is 0.504 e. The molecule has 2 N–H and O–H groups in total. The maximum atomic E-state index is 12.6. The number of nitrogens with one attached hydrogen (secondary N) is 1. The van der Waals surface area contributed by atoms with Crippen molar-refractivity contribution in [3.05, 3.63) is 57.6 Å². The topological polar surface area (TPSA) is 97.0 Å². The van der Waals surface area contributed by atoms with Crippen LogP contribution in [0.15, 0.2) is 41.5 Å². The second kappa shape index (κ2) is 7.07. The van der Waals surface area contributed by atoms with Crippen molar-refractivity contribution < 1.29 is 27.9 Å². The SMILES string of the molecule is COc1cc(/C=N\Nc2ccc(C(F)(F)F)cc2[N+](=O)[O-])ccc1O. The molecule has 25 heavy (non-hydrogen) atoms. The smallest absolute Gasteiger partial charge is 0.416 e. The van der Waals surface area contributed by atoms with Crippen molar-refractivity contribution >= 4 is 17.6 Å². The molecule has 2 aromatic carbocycles. The van der Waals surface area contributed by atoms with Crippen molar-refractivity contribution in [2.24, 2.45) is 5.10 Å². The molecule has 0 atom stereocenters. The number of aromatic hydroxyl groups is 1. The van der Waals surface area contributed by atoms with Crippen molar-refractivity contribution in [3.8, 4) is 11.5 Å². The van der Waals surface area contributed by atoms with E-state index in [0.29, 0.717) is 17.7 Å². The number of ether oxygens (including phenoxy) is 1. The van der Waals surface area contributed by atoms with Crippen LogP contribution >= 0.6 is 0 Å². The van der Waals surface area contributed by atoms with Crippen molar-refractivity contribution in [1.82, 2.24) is 0 Å². The van der Waals surface area contributed by atoms with E-state index in [-0.39, 0.29) is 17.2 Å². The van der Waals surface area contributed by atoms with Gasteiger partial charge in [0.25, 0.3) is 5.69 Å². The Morgan fingerprint density at radius 1 is 1.28 bits per heavy atom. The number of rotatable bonds is 5. The monoisotopic (exact) mass is 355 g/mol. The number of hydrogen-bond acceptors (Lipinski definition) is 6. The van der Waals surface area contributed by atoms with Crippen LogP contribution < -0.4 is 10.2 Å².